The van der Waals surface area contributed by atoms with Crippen molar-refractivity contribution in [3.63, 3.8) is 0 Å². The molecule has 0 heterocycles. The van der Waals surface area contributed by atoms with E-state index in [2.05, 4.69) is 13.8 Å². The van der Waals surface area contributed by atoms with Crippen LogP contribution in [-0.4, -0.2) is 35.4 Å². The number of esters is 2. The van der Waals surface area contributed by atoms with Gasteiger partial charge < -0.3 is 14.6 Å². The molecule has 5 heteroatoms. The Balaban J connectivity index is 2.46. The van der Waals surface area contributed by atoms with Crippen LogP contribution in [0.25, 0.3) is 0 Å². The molecule has 2 rings (SSSR count). The van der Waals surface area contributed by atoms with Gasteiger partial charge in [-0.25, -0.2) is 0 Å². The topological polar surface area (TPSA) is 72.8 Å². The molecule has 5 nitrogen and oxygen atoms in total. The number of ether oxygens (including phenoxy) is 2. The van der Waals surface area contributed by atoms with Crippen molar-refractivity contribution >= 4 is 11.9 Å². The van der Waals surface area contributed by atoms with E-state index in [0.717, 1.165) is 6.42 Å². The van der Waals surface area contributed by atoms with Gasteiger partial charge in [0.15, 0.2) is 0 Å². The first-order valence-electron chi connectivity index (χ1n) is 8.60. The van der Waals surface area contributed by atoms with Gasteiger partial charge in [0.2, 0.25) is 0 Å². The Labute approximate surface area is 138 Å². The molecule has 2 fully saturated rings. The zero-order valence-electron chi connectivity index (χ0n) is 15.1. The van der Waals surface area contributed by atoms with Gasteiger partial charge in [-0.15, -0.1) is 0 Å². The first-order valence-corrected chi connectivity index (χ1v) is 8.60. The van der Waals surface area contributed by atoms with Gasteiger partial charge in [-0.05, 0) is 58.3 Å². The standard InChI is InChI=1S/C18H30O5/c1-7-22-14(19)12-8-9-13-16(4,5)10-17(6,18(12,13)21)15(20)23-11(2)3/h11-13,21H,7-10H2,1-6H3/t12-,13+,17+,18+/m0/s1. The van der Waals surface area contributed by atoms with Crippen LogP contribution in [0.15, 0.2) is 0 Å². The van der Waals surface area contributed by atoms with Gasteiger partial charge >= 0.3 is 11.9 Å². The second-order valence-electron chi connectivity index (χ2n) is 8.21. The normalized spacial score (nSPS) is 38.4. The highest BCUT2D eigenvalue weighted by Gasteiger charge is 2.74. The molecule has 0 aliphatic heterocycles. The summed E-state index contributed by atoms with van der Waals surface area (Å²) in [6.07, 6.45) is 1.52. The van der Waals surface area contributed by atoms with E-state index < -0.39 is 28.9 Å². The Morgan fingerprint density at radius 3 is 2.35 bits per heavy atom. The molecule has 0 saturated heterocycles. The molecule has 132 valence electrons. The SMILES string of the molecule is CCOC(=O)[C@@H]1CC[C@@H]2C(C)(C)C[C@](C)(C(=O)OC(C)C)[C@]21O. The first-order chi connectivity index (χ1) is 10.5. The predicted molar refractivity (Wildman–Crippen MR) is 85.5 cm³/mol. The largest absolute Gasteiger partial charge is 0.466 e. The molecule has 0 aromatic rings. The highest BCUT2D eigenvalue weighted by atomic mass is 16.5. The Hall–Kier alpha value is -1.10. The van der Waals surface area contributed by atoms with Gasteiger partial charge in [0.1, 0.15) is 0 Å². The second-order valence-corrected chi connectivity index (χ2v) is 8.21. The van der Waals surface area contributed by atoms with Gasteiger partial charge in [-0.2, -0.15) is 0 Å². The third kappa shape index (κ3) is 2.57. The van der Waals surface area contributed by atoms with Crippen molar-refractivity contribution in [2.75, 3.05) is 6.61 Å². The van der Waals surface area contributed by atoms with E-state index in [0.29, 0.717) is 12.8 Å². The molecule has 2 aliphatic rings. The van der Waals surface area contributed by atoms with Crippen LogP contribution >= 0.6 is 0 Å². The van der Waals surface area contributed by atoms with Crippen LogP contribution in [0.5, 0.6) is 0 Å². The van der Waals surface area contributed by atoms with Crippen LogP contribution < -0.4 is 0 Å². The smallest absolute Gasteiger partial charge is 0.315 e. The molecule has 0 amide bonds. The highest BCUT2D eigenvalue weighted by Crippen LogP contribution is 2.67. The van der Waals surface area contributed by atoms with Crippen molar-refractivity contribution in [1.29, 1.82) is 0 Å². The van der Waals surface area contributed by atoms with Gasteiger partial charge in [-0.3, -0.25) is 9.59 Å². The number of aliphatic hydroxyl groups is 1. The number of carbonyl (C=O) groups excluding carboxylic acids is 2. The van der Waals surface area contributed by atoms with Crippen molar-refractivity contribution < 1.29 is 24.2 Å². The molecule has 0 unspecified atom stereocenters. The summed E-state index contributed by atoms with van der Waals surface area (Å²) in [6.45, 7) is 11.5. The molecule has 0 spiro atoms. The van der Waals surface area contributed by atoms with Crippen LogP contribution in [0, 0.1) is 22.7 Å². The van der Waals surface area contributed by atoms with Crippen LogP contribution in [-0.2, 0) is 19.1 Å². The summed E-state index contributed by atoms with van der Waals surface area (Å²) < 4.78 is 10.6. The minimum Gasteiger partial charge on any atom is -0.466 e. The number of hydrogen-bond donors (Lipinski definition) is 1. The monoisotopic (exact) mass is 326 g/mol. The average molecular weight is 326 g/mol. The fourth-order valence-corrected chi connectivity index (χ4v) is 5.07. The third-order valence-electron chi connectivity index (χ3n) is 5.81. The Morgan fingerprint density at radius 2 is 1.83 bits per heavy atom. The Bertz CT molecular complexity index is 498. The van der Waals surface area contributed by atoms with Crippen LogP contribution in [0.3, 0.4) is 0 Å². The molecule has 1 N–H and O–H groups in total. The zero-order valence-corrected chi connectivity index (χ0v) is 15.1. The van der Waals surface area contributed by atoms with E-state index in [1.165, 1.54) is 0 Å². The summed E-state index contributed by atoms with van der Waals surface area (Å²) in [5.74, 6) is -1.60. The van der Waals surface area contributed by atoms with E-state index in [-0.39, 0.29) is 24.0 Å². The molecule has 23 heavy (non-hydrogen) atoms. The number of fused-ring (bicyclic) bond motifs is 1. The minimum atomic E-state index is -1.41. The average Bonchev–Trinajstić information content (AvgIpc) is 2.83. The lowest BCUT2D eigenvalue weighted by molar-refractivity contribution is -0.187. The highest BCUT2D eigenvalue weighted by molar-refractivity contribution is 5.83. The van der Waals surface area contributed by atoms with Crippen LogP contribution in [0.4, 0.5) is 0 Å². The quantitative estimate of drug-likeness (QED) is 0.804. The summed E-state index contributed by atoms with van der Waals surface area (Å²) in [6, 6.07) is 0. The van der Waals surface area contributed by atoms with Crippen molar-refractivity contribution in [2.45, 2.75) is 72.5 Å². The van der Waals surface area contributed by atoms with E-state index in [4.69, 9.17) is 9.47 Å². The van der Waals surface area contributed by atoms with Crippen LogP contribution in [0.2, 0.25) is 0 Å². The summed E-state index contributed by atoms with van der Waals surface area (Å²) in [4.78, 5) is 25.2. The van der Waals surface area contributed by atoms with Crippen molar-refractivity contribution in [2.24, 2.45) is 22.7 Å². The van der Waals surface area contributed by atoms with Crippen molar-refractivity contribution in [3.8, 4) is 0 Å². The maximum atomic E-state index is 12.8. The molecule has 0 aromatic carbocycles. The number of hydrogen-bond acceptors (Lipinski definition) is 5. The maximum absolute atomic E-state index is 12.8. The van der Waals surface area contributed by atoms with Crippen molar-refractivity contribution in [1.82, 2.24) is 0 Å². The Kier molecular flexibility index (Phi) is 4.57. The fourth-order valence-electron chi connectivity index (χ4n) is 5.07. The van der Waals surface area contributed by atoms with E-state index in [9.17, 15) is 14.7 Å². The summed E-state index contributed by atoms with van der Waals surface area (Å²) >= 11 is 0. The summed E-state index contributed by atoms with van der Waals surface area (Å²) in [5.41, 5.74) is -2.74. The second kappa shape index (κ2) is 5.76. The Morgan fingerprint density at radius 1 is 1.22 bits per heavy atom. The lowest BCUT2D eigenvalue weighted by atomic mass is 9.69. The van der Waals surface area contributed by atoms with Crippen LogP contribution in [0.1, 0.15) is 60.8 Å². The summed E-state index contributed by atoms with van der Waals surface area (Å²) in [7, 11) is 0. The van der Waals surface area contributed by atoms with Crippen molar-refractivity contribution in [3.05, 3.63) is 0 Å². The van der Waals surface area contributed by atoms with Gasteiger partial charge in [0, 0.05) is 0 Å². The van der Waals surface area contributed by atoms with Gasteiger partial charge in [0.05, 0.1) is 29.6 Å². The lowest BCUT2D eigenvalue weighted by Crippen LogP contribution is -2.56. The summed E-state index contributed by atoms with van der Waals surface area (Å²) in [5, 5.41) is 11.6. The lowest BCUT2D eigenvalue weighted by Gasteiger charge is -2.41. The predicted octanol–water partition coefficient (Wildman–Crippen LogP) is 2.69. The minimum absolute atomic E-state index is 0.117. The molecule has 4 atom stereocenters. The third-order valence-corrected chi connectivity index (χ3v) is 5.81. The molecule has 0 bridgehead atoms. The molecule has 0 aromatic heterocycles. The van der Waals surface area contributed by atoms with E-state index in [1.807, 2.05) is 0 Å². The fraction of sp³-hybridized carbons (Fsp3) is 0.889. The molecule has 2 aliphatic carbocycles. The van der Waals surface area contributed by atoms with E-state index >= 15 is 0 Å². The molecule has 2 saturated carbocycles. The molecular formula is C18H30O5. The van der Waals surface area contributed by atoms with Gasteiger partial charge in [0.25, 0.3) is 0 Å². The molecule has 0 radical (unpaired) electrons. The number of rotatable bonds is 4. The first kappa shape index (κ1) is 18.2. The maximum Gasteiger partial charge on any atom is 0.315 e. The van der Waals surface area contributed by atoms with Gasteiger partial charge in [-0.1, -0.05) is 13.8 Å². The number of carbonyl (C=O) groups is 2. The zero-order chi connectivity index (χ0) is 17.6. The molecular weight excluding hydrogens is 296 g/mol. The van der Waals surface area contributed by atoms with E-state index in [1.54, 1.807) is 27.7 Å².